The number of hydrogen-bond acceptors (Lipinski definition) is 4. The van der Waals surface area contributed by atoms with Crippen LogP contribution in [0.2, 0.25) is 0 Å². The molecule has 1 N–H and O–H groups in total. The van der Waals surface area contributed by atoms with Crippen LogP contribution < -0.4 is 0 Å². The summed E-state index contributed by atoms with van der Waals surface area (Å²) >= 11 is 0. The van der Waals surface area contributed by atoms with Crippen LogP contribution >= 0.6 is 0 Å². The van der Waals surface area contributed by atoms with E-state index in [0.717, 1.165) is 32.0 Å². The van der Waals surface area contributed by atoms with Gasteiger partial charge in [0.05, 0.1) is 6.54 Å². The summed E-state index contributed by atoms with van der Waals surface area (Å²) in [7, 11) is 0. The Hall–Kier alpha value is -2.12. The van der Waals surface area contributed by atoms with Crippen molar-refractivity contribution in [3.8, 4) is 0 Å². The molecule has 0 radical (unpaired) electrons. The Bertz CT molecular complexity index is 740. The van der Waals surface area contributed by atoms with E-state index in [1.165, 1.54) is 35.0 Å². The second kappa shape index (κ2) is 7.01. The van der Waals surface area contributed by atoms with Crippen molar-refractivity contribution in [1.29, 1.82) is 0 Å². The van der Waals surface area contributed by atoms with E-state index in [1.54, 1.807) is 0 Å². The number of nitrogens with zero attached hydrogens (tertiary/aromatic N) is 4. The predicted molar refractivity (Wildman–Crippen MR) is 89.7 cm³/mol. The van der Waals surface area contributed by atoms with Gasteiger partial charge < -0.3 is 5.11 Å². The molecule has 0 amide bonds. The number of rotatable bonds is 5. The Balaban J connectivity index is 1.99. The molecule has 7 heteroatoms. The molecule has 5 nitrogen and oxygen atoms in total. The van der Waals surface area contributed by atoms with Crippen LogP contribution in [0, 0.1) is 11.6 Å². The molecule has 0 bridgehead atoms. The number of likely N-dealkylation sites (tertiary alicyclic amines) is 1. The van der Waals surface area contributed by atoms with Gasteiger partial charge in [-0.25, -0.2) is 18.4 Å². The summed E-state index contributed by atoms with van der Waals surface area (Å²) in [6, 6.07) is 3.44. The van der Waals surface area contributed by atoms with Gasteiger partial charge >= 0.3 is 0 Å². The highest BCUT2D eigenvalue weighted by molar-refractivity contribution is 5.27. The second-order valence-electron chi connectivity index (χ2n) is 6.58. The van der Waals surface area contributed by atoms with Crippen LogP contribution in [0.3, 0.4) is 0 Å². The van der Waals surface area contributed by atoms with E-state index in [9.17, 15) is 13.9 Å². The van der Waals surface area contributed by atoms with Crippen LogP contribution in [0.5, 0.6) is 0 Å². The van der Waals surface area contributed by atoms with E-state index in [4.69, 9.17) is 0 Å². The van der Waals surface area contributed by atoms with Gasteiger partial charge in [0.2, 0.25) is 0 Å². The number of halogens is 2. The lowest BCUT2D eigenvalue weighted by atomic mass is 9.84. The fraction of sp³-hybridized carbons (Fsp3) is 0.444. The molecular weight excluding hydrogens is 326 g/mol. The van der Waals surface area contributed by atoms with Crippen molar-refractivity contribution in [2.24, 2.45) is 0 Å². The van der Waals surface area contributed by atoms with Crippen LogP contribution in [-0.4, -0.2) is 43.9 Å². The first kappa shape index (κ1) is 17.7. The molecule has 0 spiro atoms. The number of benzene rings is 1. The highest BCUT2D eigenvalue weighted by Gasteiger charge is 2.42. The highest BCUT2D eigenvalue weighted by atomic mass is 19.2. The van der Waals surface area contributed by atoms with E-state index in [-0.39, 0.29) is 12.1 Å². The van der Waals surface area contributed by atoms with Gasteiger partial charge in [0.15, 0.2) is 11.6 Å². The van der Waals surface area contributed by atoms with Crippen LogP contribution in [0.1, 0.15) is 25.3 Å². The Morgan fingerprint density at radius 3 is 2.68 bits per heavy atom. The van der Waals surface area contributed by atoms with Gasteiger partial charge in [-0.2, -0.15) is 5.10 Å². The molecule has 1 saturated heterocycles. The quantitative estimate of drug-likeness (QED) is 0.844. The van der Waals surface area contributed by atoms with Crippen molar-refractivity contribution in [3.05, 3.63) is 60.2 Å². The number of aromatic nitrogens is 3. The maximum Gasteiger partial charge on any atom is 0.165 e. The van der Waals surface area contributed by atoms with E-state index in [1.807, 2.05) is 6.92 Å². The van der Waals surface area contributed by atoms with Crippen LogP contribution in [0.25, 0.3) is 0 Å². The van der Waals surface area contributed by atoms with E-state index < -0.39 is 23.3 Å². The normalized spacial score (nSPS) is 19.6. The minimum absolute atomic E-state index is 0.0218. The number of aliphatic hydroxyl groups is 1. The highest BCUT2D eigenvalue weighted by Crippen LogP contribution is 2.34. The molecule has 1 aliphatic heterocycles. The molecule has 2 aromatic rings. The third-order valence-corrected chi connectivity index (χ3v) is 5.03. The van der Waals surface area contributed by atoms with Gasteiger partial charge in [0, 0.05) is 24.7 Å². The second-order valence-corrected chi connectivity index (χ2v) is 6.58. The van der Waals surface area contributed by atoms with E-state index in [0.29, 0.717) is 0 Å². The van der Waals surface area contributed by atoms with Gasteiger partial charge in [0.25, 0.3) is 0 Å². The first-order valence-corrected chi connectivity index (χ1v) is 8.32. The summed E-state index contributed by atoms with van der Waals surface area (Å²) in [6.07, 6.45) is 4.45. The Morgan fingerprint density at radius 1 is 1.32 bits per heavy atom. The van der Waals surface area contributed by atoms with Crippen molar-refractivity contribution >= 4 is 0 Å². The smallest absolute Gasteiger partial charge is 0.165 e. The van der Waals surface area contributed by atoms with Gasteiger partial charge in [0.1, 0.15) is 18.3 Å². The van der Waals surface area contributed by atoms with Gasteiger partial charge in [-0.3, -0.25) is 4.90 Å². The molecular formula is C18H22F2N4O. The Labute approximate surface area is 145 Å². The SMILES string of the molecule is C=C1CCN([C@H](C)[C@](O)(Cn2cncn2)c2cccc(F)c2F)CC1. The number of piperidine rings is 1. The molecule has 1 aromatic heterocycles. The fourth-order valence-corrected chi connectivity index (χ4v) is 3.37. The van der Waals surface area contributed by atoms with Gasteiger partial charge in [-0.1, -0.05) is 24.3 Å². The molecule has 2 heterocycles. The van der Waals surface area contributed by atoms with Gasteiger partial charge in [-0.15, -0.1) is 0 Å². The van der Waals surface area contributed by atoms with E-state index in [2.05, 4.69) is 21.6 Å². The fourth-order valence-electron chi connectivity index (χ4n) is 3.37. The molecule has 1 fully saturated rings. The molecule has 2 atom stereocenters. The average molecular weight is 348 g/mol. The molecule has 3 rings (SSSR count). The summed E-state index contributed by atoms with van der Waals surface area (Å²) in [5, 5.41) is 15.5. The molecule has 0 unspecified atom stereocenters. The lowest BCUT2D eigenvalue weighted by Crippen LogP contribution is -2.53. The monoisotopic (exact) mass is 348 g/mol. The molecule has 25 heavy (non-hydrogen) atoms. The summed E-state index contributed by atoms with van der Waals surface area (Å²) < 4.78 is 29.7. The Kier molecular flexibility index (Phi) is 4.96. The summed E-state index contributed by atoms with van der Waals surface area (Å²) in [5.74, 6) is -2.01. The van der Waals surface area contributed by atoms with Gasteiger partial charge in [-0.05, 0) is 25.8 Å². The molecule has 134 valence electrons. The van der Waals surface area contributed by atoms with Crippen molar-refractivity contribution in [3.63, 3.8) is 0 Å². The summed E-state index contributed by atoms with van der Waals surface area (Å²) in [5.41, 5.74) is -0.557. The molecule has 1 aromatic carbocycles. The lowest BCUT2D eigenvalue weighted by Gasteiger charge is -2.43. The number of hydrogen-bond donors (Lipinski definition) is 1. The van der Waals surface area contributed by atoms with Crippen molar-refractivity contribution < 1.29 is 13.9 Å². The zero-order valence-corrected chi connectivity index (χ0v) is 14.2. The topological polar surface area (TPSA) is 54.2 Å². The minimum Gasteiger partial charge on any atom is -0.381 e. The Morgan fingerprint density at radius 2 is 2.04 bits per heavy atom. The first-order valence-electron chi connectivity index (χ1n) is 8.32. The first-order chi connectivity index (χ1) is 11.9. The summed E-state index contributed by atoms with van der Waals surface area (Å²) in [4.78, 5) is 5.95. The van der Waals surface area contributed by atoms with Crippen LogP contribution in [0.4, 0.5) is 8.78 Å². The predicted octanol–water partition coefficient (Wildman–Crippen LogP) is 2.48. The third kappa shape index (κ3) is 3.48. The average Bonchev–Trinajstić information content (AvgIpc) is 3.10. The molecule has 1 aliphatic rings. The zero-order valence-electron chi connectivity index (χ0n) is 14.2. The summed E-state index contributed by atoms with van der Waals surface area (Å²) in [6.45, 7) is 7.24. The third-order valence-electron chi connectivity index (χ3n) is 5.03. The van der Waals surface area contributed by atoms with E-state index >= 15 is 0 Å². The van der Waals surface area contributed by atoms with Crippen molar-refractivity contribution in [2.45, 2.75) is 38.0 Å². The largest absolute Gasteiger partial charge is 0.381 e. The molecule has 0 aliphatic carbocycles. The van der Waals surface area contributed by atoms with Crippen molar-refractivity contribution in [2.75, 3.05) is 13.1 Å². The molecule has 0 saturated carbocycles. The zero-order chi connectivity index (χ0) is 18.0. The standard InChI is InChI=1S/C18H22F2N4O/c1-13-6-8-23(9-7-13)14(2)18(25,10-24-12-21-11-22-24)15-4-3-5-16(19)17(15)20/h3-5,11-12,14,25H,1,6-10H2,2H3/t14-,18-/m1/s1. The maximum atomic E-state index is 14.5. The van der Waals surface area contributed by atoms with Crippen LogP contribution in [-0.2, 0) is 12.1 Å². The van der Waals surface area contributed by atoms with Crippen molar-refractivity contribution in [1.82, 2.24) is 19.7 Å². The maximum absolute atomic E-state index is 14.5. The lowest BCUT2D eigenvalue weighted by molar-refractivity contribution is -0.0660. The van der Waals surface area contributed by atoms with Crippen LogP contribution in [0.15, 0.2) is 43.0 Å². The minimum atomic E-state index is -1.65.